The molecule has 1 aliphatic rings. The standard InChI is InChI=1S/C20H23NO3S/c1-14(22)19-18(8-10-25-19)16-6-3-7-17(11-16)20(23)21-9-4-5-15(12-21)13-24-2/h3,6-8,10-11,15H,4-5,9,12-13H2,1-2H3/t15-/m1/s1. The zero-order chi connectivity index (χ0) is 17.8. The first-order valence-electron chi connectivity index (χ1n) is 8.57. The first-order chi connectivity index (χ1) is 12.1. The van der Waals surface area contributed by atoms with Crippen molar-refractivity contribution in [2.24, 2.45) is 5.92 Å². The molecule has 0 N–H and O–H groups in total. The molecule has 1 saturated heterocycles. The van der Waals surface area contributed by atoms with Gasteiger partial charge in [-0.25, -0.2) is 0 Å². The maximum atomic E-state index is 12.9. The fraction of sp³-hybridized carbons (Fsp3) is 0.400. The van der Waals surface area contributed by atoms with Gasteiger partial charge in [0.1, 0.15) is 0 Å². The number of nitrogens with zero attached hydrogens (tertiary/aromatic N) is 1. The van der Waals surface area contributed by atoms with Gasteiger partial charge in [-0.2, -0.15) is 0 Å². The maximum Gasteiger partial charge on any atom is 0.253 e. The first kappa shape index (κ1) is 17.8. The van der Waals surface area contributed by atoms with E-state index in [4.69, 9.17) is 4.74 Å². The van der Waals surface area contributed by atoms with Crippen LogP contribution in [-0.4, -0.2) is 43.4 Å². The van der Waals surface area contributed by atoms with Gasteiger partial charge < -0.3 is 9.64 Å². The summed E-state index contributed by atoms with van der Waals surface area (Å²) in [6.07, 6.45) is 2.12. The van der Waals surface area contributed by atoms with Gasteiger partial charge in [0.05, 0.1) is 11.5 Å². The molecule has 5 heteroatoms. The summed E-state index contributed by atoms with van der Waals surface area (Å²) in [6.45, 7) is 3.81. The minimum absolute atomic E-state index is 0.0557. The van der Waals surface area contributed by atoms with Crippen LogP contribution >= 0.6 is 11.3 Å². The van der Waals surface area contributed by atoms with E-state index in [-0.39, 0.29) is 11.7 Å². The van der Waals surface area contributed by atoms with Crippen LogP contribution in [0.3, 0.4) is 0 Å². The lowest BCUT2D eigenvalue weighted by Crippen LogP contribution is -2.41. The lowest BCUT2D eigenvalue weighted by molar-refractivity contribution is 0.0571. The topological polar surface area (TPSA) is 46.6 Å². The Labute approximate surface area is 152 Å². The number of hydrogen-bond donors (Lipinski definition) is 0. The molecule has 132 valence electrons. The van der Waals surface area contributed by atoms with Gasteiger partial charge in [0, 0.05) is 31.3 Å². The SMILES string of the molecule is COC[C@@H]1CCCN(C(=O)c2cccc(-c3ccsc3C(C)=O)c2)C1. The number of likely N-dealkylation sites (tertiary alicyclic amines) is 1. The van der Waals surface area contributed by atoms with E-state index in [1.807, 2.05) is 40.6 Å². The zero-order valence-corrected chi connectivity index (χ0v) is 15.5. The summed E-state index contributed by atoms with van der Waals surface area (Å²) >= 11 is 1.44. The highest BCUT2D eigenvalue weighted by Gasteiger charge is 2.24. The van der Waals surface area contributed by atoms with Gasteiger partial charge in [0.2, 0.25) is 0 Å². The molecule has 2 heterocycles. The second-order valence-corrected chi connectivity index (χ2v) is 7.43. The molecular weight excluding hydrogens is 334 g/mol. The van der Waals surface area contributed by atoms with Gasteiger partial charge in [-0.05, 0) is 54.8 Å². The lowest BCUT2D eigenvalue weighted by atomic mass is 9.97. The minimum atomic E-state index is 0.0557. The molecule has 4 nitrogen and oxygen atoms in total. The number of amides is 1. The van der Waals surface area contributed by atoms with E-state index in [0.717, 1.165) is 41.9 Å². The highest BCUT2D eigenvalue weighted by Crippen LogP contribution is 2.30. The van der Waals surface area contributed by atoms with Crippen LogP contribution in [0, 0.1) is 5.92 Å². The molecule has 0 spiro atoms. The summed E-state index contributed by atoms with van der Waals surface area (Å²) in [7, 11) is 1.71. The number of thiophene rings is 1. The number of benzene rings is 1. The van der Waals surface area contributed by atoms with Crippen molar-refractivity contribution in [3.63, 3.8) is 0 Å². The second kappa shape index (κ2) is 7.93. The Hall–Kier alpha value is -1.98. The number of hydrogen-bond acceptors (Lipinski definition) is 4. The van der Waals surface area contributed by atoms with Crippen LogP contribution in [0.15, 0.2) is 35.7 Å². The van der Waals surface area contributed by atoms with Crippen LogP contribution in [0.1, 0.15) is 39.8 Å². The first-order valence-corrected chi connectivity index (χ1v) is 9.45. The summed E-state index contributed by atoms with van der Waals surface area (Å²) in [5, 5.41) is 1.92. The fourth-order valence-electron chi connectivity index (χ4n) is 3.43. The van der Waals surface area contributed by atoms with Gasteiger partial charge in [0.15, 0.2) is 5.78 Å². The Bertz CT molecular complexity index is 766. The Kier molecular flexibility index (Phi) is 5.66. The fourth-order valence-corrected chi connectivity index (χ4v) is 4.25. The molecule has 0 radical (unpaired) electrons. The number of methoxy groups -OCH3 is 1. The zero-order valence-electron chi connectivity index (χ0n) is 14.7. The van der Waals surface area contributed by atoms with Crippen LogP contribution in [0.25, 0.3) is 11.1 Å². The summed E-state index contributed by atoms with van der Waals surface area (Å²) in [4.78, 5) is 27.4. The molecule has 1 atom stereocenters. The van der Waals surface area contributed by atoms with Crippen molar-refractivity contribution in [3.05, 3.63) is 46.2 Å². The van der Waals surface area contributed by atoms with Gasteiger partial charge in [-0.1, -0.05) is 12.1 Å². The Morgan fingerprint density at radius 3 is 2.92 bits per heavy atom. The molecule has 1 aliphatic heterocycles. The molecule has 25 heavy (non-hydrogen) atoms. The van der Waals surface area contributed by atoms with Crippen LogP contribution in [-0.2, 0) is 4.74 Å². The summed E-state index contributed by atoms with van der Waals surface area (Å²) in [6, 6.07) is 9.54. The van der Waals surface area contributed by atoms with E-state index < -0.39 is 0 Å². The number of piperidine rings is 1. The molecule has 3 rings (SSSR count). The van der Waals surface area contributed by atoms with Crippen molar-refractivity contribution in [2.75, 3.05) is 26.8 Å². The number of carbonyl (C=O) groups excluding carboxylic acids is 2. The highest BCUT2D eigenvalue weighted by molar-refractivity contribution is 7.12. The molecule has 2 aromatic rings. The summed E-state index contributed by atoms with van der Waals surface area (Å²) in [5.74, 6) is 0.523. The third-order valence-electron chi connectivity index (χ3n) is 4.61. The van der Waals surface area contributed by atoms with Crippen LogP contribution < -0.4 is 0 Å². The lowest BCUT2D eigenvalue weighted by Gasteiger charge is -2.32. The average Bonchev–Trinajstić information content (AvgIpc) is 3.12. The molecule has 1 amide bonds. The van der Waals surface area contributed by atoms with Crippen molar-refractivity contribution in [3.8, 4) is 11.1 Å². The van der Waals surface area contributed by atoms with E-state index in [9.17, 15) is 9.59 Å². The van der Waals surface area contributed by atoms with Crippen molar-refractivity contribution in [1.29, 1.82) is 0 Å². The smallest absolute Gasteiger partial charge is 0.253 e. The van der Waals surface area contributed by atoms with Crippen molar-refractivity contribution < 1.29 is 14.3 Å². The molecule has 1 aromatic carbocycles. The van der Waals surface area contributed by atoms with Gasteiger partial charge >= 0.3 is 0 Å². The monoisotopic (exact) mass is 357 g/mol. The number of ether oxygens (including phenoxy) is 1. The normalized spacial score (nSPS) is 17.5. The number of Topliss-reactive ketones (excluding diaryl/α,β-unsaturated/α-hetero) is 1. The van der Waals surface area contributed by atoms with Crippen molar-refractivity contribution in [1.82, 2.24) is 4.90 Å². The Morgan fingerprint density at radius 1 is 1.32 bits per heavy atom. The highest BCUT2D eigenvalue weighted by atomic mass is 32.1. The quantitative estimate of drug-likeness (QED) is 0.756. The second-order valence-electron chi connectivity index (χ2n) is 6.52. The molecule has 1 fully saturated rings. The van der Waals surface area contributed by atoms with Gasteiger partial charge in [-0.3, -0.25) is 9.59 Å². The molecular formula is C20H23NO3S. The van der Waals surface area contributed by atoms with Crippen LogP contribution in [0.2, 0.25) is 0 Å². The minimum Gasteiger partial charge on any atom is -0.384 e. The number of rotatable bonds is 5. The van der Waals surface area contributed by atoms with Crippen LogP contribution in [0.5, 0.6) is 0 Å². The van der Waals surface area contributed by atoms with E-state index in [0.29, 0.717) is 18.1 Å². The molecule has 0 saturated carbocycles. The van der Waals surface area contributed by atoms with E-state index in [2.05, 4.69) is 0 Å². The molecule has 0 unspecified atom stereocenters. The molecule has 0 bridgehead atoms. The predicted molar refractivity (Wildman–Crippen MR) is 100 cm³/mol. The van der Waals surface area contributed by atoms with E-state index in [1.54, 1.807) is 14.0 Å². The molecule has 1 aromatic heterocycles. The Morgan fingerprint density at radius 2 is 2.16 bits per heavy atom. The van der Waals surface area contributed by atoms with Gasteiger partial charge in [-0.15, -0.1) is 11.3 Å². The van der Waals surface area contributed by atoms with Crippen molar-refractivity contribution >= 4 is 23.0 Å². The number of ketones is 1. The third-order valence-corrected chi connectivity index (χ3v) is 5.63. The summed E-state index contributed by atoms with van der Waals surface area (Å²) < 4.78 is 5.25. The van der Waals surface area contributed by atoms with Crippen molar-refractivity contribution in [2.45, 2.75) is 19.8 Å². The number of carbonyl (C=O) groups is 2. The van der Waals surface area contributed by atoms with Crippen LogP contribution in [0.4, 0.5) is 0 Å². The third kappa shape index (κ3) is 3.99. The average molecular weight is 357 g/mol. The summed E-state index contributed by atoms with van der Waals surface area (Å²) in [5.41, 5.74) is 2.50. The van der Waals surface area contributed by atoms with E-state index >= 15 is 0 Å². The van der Waals surface area contributed by atoms with Gasteiger partial charge in [0.25, 0.3) is 5.91 Å². The largest absolute Gasteiger partial charge is 0.384 e. The predicted octanol–water partition coefficient (Wildman–Crippen LogP) is 4.12. The van der Waals surface area contributed by atoms with E-state index in [1.165, 1.54) is 11.3 Å². The molecule has 0 aliphatic carbocycles. The maximum absolute atomic E-state index is 12.9. The Balaban J connectivity index is 1.82.